The predicted octanol–water partition coefficient (Wildman–Crippen LogP) is 3.95. The first kappa shape index (κ1) is 19.9. The van der Waals surface area contributed by atoms with Gasteiger partial charge >= 0.3 is 0 Å². The summed E-state index contributed by atoms with van der Waals surface area (Å²) >= 11 is 0. The molecule has 2 heterocycles. The van der Waals surface area contributed by atoms with Crippen LogP contribution in [0.5, 0.6) is 11.5 Å². The van der Waals surface area contributed by atoms with Crippen LogP contribution in [0.25, 0.3) is 11.0 Å². The Bertz CT molecular complexity index is 1020. The molecule has 1 atom stereocenters. The highest BCUT2D eigenvalue weighted by molar-refractivity contribution is 5.88. The molecule has 2 fully saturated rings. The second kappa shape index (κ2) is 6.99. The van der Waals surface area contributed by atoms with Crippen molar-refractivity contribution in [1.29, 1.82) is 0 Å². The van der Waals surface area contributed by atoms with Crippen molar-refractivity contribution >= 4 is 11.0 Å². The fraction of sp³-hybridized carbons (Fsp3) is 0.625. The SMILES string of the molecule is CC(C)(O)[C@H]1Cc2c(cc3oc(C4(O)CCCC4)cc(=O)c3c2OC2CCCC2)O1. The molecule has 0 bridgehead atoms. The second-order valence-corrected chi connectivity index (χ2v) is 9.76. The third-order valence-corrected chi connectivity index (χ3v) is 6.96. The molecule has 0 amide bonds. The number of aliphatic hydroxyl groups is 2. The average Bonchev–Trinajstić information content (AvgIpc) is 3.41. The largest absolute Gasteiger partial charge is 0.489 e. The van der Waals surface area contributed by atoms with Gasteiger partial charge in [-0.15, -0.1) is 0 Å². The first-order chi connectivity index (χ1) is 14.2. The quantitative estimate of drug-likeness (QED) is 0.787. The summed E-state index contributed by atoms with van der Waals surface area (Å²) in [6.07, 6.45) is 7.28. The van der Waals surface area contributed by atoms with Crippen LogP contribution in [0.15, 0.2) is 21.3 Å². The highest BCUT2D eigenvalue weighted by Gasteiger charge is 2.40. The second-order valence-electron chi connectivity index (χ2n) is 9.76. The number of hydrogen-bond acceptors (Lipinski definition) is 6. The summed E-state index contributed by atoms with van der Waals surface area (Å²) in [5.41, 5.74) is -1.12. The van der Waals surface area contributed by atoms with Gasteiger partial charge in [-0.2, -0.15) is 0 Å². The Labute approximate surface area is 175 Å². The van der Waals surface area contributed by atoms with Crippen molar-refractivity contribution in [2.45, 2.75) is 95.0 Å². The van der Waals surface area contributed by atoms with Crippen LogP contribution < -0.4 is 14.9 Å². The topological polar surface area (TPSA) is 89.1 Å². The van der Waals surface area contributed by atoms with E-state index in [4.69, 9.17) is 13.9 Å². The van der Waals surface area contributed by atoms with Crippen molar-refractivity contribution in [2.75, 3.05) is 0 Å². The van der Waals surface area contributed by atoms with E-state index in [1.54, 1.807) is 19.9 Å². The molecule has 1 aromatic heterocycles. The molecule has 162 valence electrons. The molecule has 5 rings (SSSR count). The van der Waals surface area contributed by atoms with Gasteiger partial charge in [-0.3, -0.25) is 4.79 Å². The van der Waals surface area contributed by atoms with Gasteiger partial charge in [0.05, 0.1) is 11.7 Å². The summed E-state index contributed by atoms with van der Waals surface area (Å²) in [5.74, 6) is 1.43. The van der Waals surface area contributed by atoms with Crippen LogP contribution in [0.2, 0.25) is 0 Å². The van der Waals surface area contributed by atoms with Crippen LogP contribution in [0.1, 0.15) is 76.5 Å². The van der Waals surface area contributed by atoms with E-state index < -0.39 is 17.3 Å². The van der Waals surface area contributed by atoms with E-state index in [9.17, 15) is 15.0 Å². The Balaban J connectivity index is 1.67. The molecule has 2 N–H and O–H groups in total. The Morgan fingerprint density at radius 3 is 2.50 bits per heavy atom. The standard InChI is InChI=1S/C24H30O6/c1-23(2,26)19-11-15-17(29-19)13-18-21(22(15)28-14-7-3-4-8-14)16(25)12-20(30-18)24(27)9-5-6-10-24/h12-14,19,26-27H,3-11H2,1-2H3/t19-/m1/s1. The average molecular weight is 414 g/mol. The minimum atomic E-state index is -1.09. The Hall–Kier alpha value is -2.05. The molecular formula is C24H30O6. The van der Waals surface area contributed by atoms with E-state index in [2.05, 4.69) is 0 Å². The molecule has 1 aromatic carbocycles. The van der Waals surface area contributed by atoms with Crippen molar-refractivity contribution in [1.82, 2.24) is 0 Å². The molecule has 6 nitrogen and oxygen atoms in total. The van der Waals surface area contributed by atoms with E-state index in [1.165, 1.54) is 6.07 Å². The van der Waals surface area contributed by atoms with Gasteiger partial charge in [0.25, 0.3) is 0 Å². The minimum Gasteiger partial charge on any atom is -0.489 e. The van der Waals surface area contributed by atoms with Crippen molar-refractivity contribution in [3.05, 3.63) is 33.7 Å². The number of hydrogen-bond donors (Lipinski definition) is 2. The molecule has 0 spiro atoms. The highest BCUT2D eigenvalue weighted by Crippen LogP contribution is 2.45. The third-order valence-electron chi connectivity index (χ3n) is 6.96. The van der Waals surface area contributed by atoms with Crippen LogP contribution in [0.3, 0.4) is 0 Å². The van der Waals surface area contributed by atoms with Gasteiger partial charge in [0.15, 0.2) is 5.43 Å². The molecule has 0 unspecified atom stereocenters. The normalized spacial score (nSPS) is 23.7. The maximum Gasteiger partial charge on any atom is 0.196 e. The predicted molar refractivity (Wildman–Crippen MR) is 112 cm³/mol. The first-order valence-corrected chi connectivity index (χ1v) is 11.2. The lowest BCUT2D eigenvalue weighted by atomic mass is 9.95. The third kappa shape index (κ3) is 3.30. The zero-order valence-electron chi connectivity index (χ0n) is 17.7. The van der Waals surface area contributed by atoms with E-state index in [1.807, 2.05) is 0 Å². The molecule has 2 saturated carbocycles. The molecule has 1 aliphatic heterocycles. The fourth-order valence-electron chi connectivity index (χ4n) is 5.12. The molecule has 2 aromatic rings. The van der Waals surface area contributed by atoms with Crippen molar-refractivity contribution in [3.63, 3.8) is 0 Å². The Morgan fingerprint density at radius 1 is 1.13 bits per heavy atom. The summed E-state index contributed by atoms with van der Waals surface area (Å²) in [5, 5.41) is 21.9. The van der Waals surface area contributed by atoms with E-state index in [0.29, 0.717) is 47.5 Å². The van der Waals surface area contributed by atoms with Gasteiger partial charge in [-0.25, -0.2) is 0 Å². The van der Waals surface area contributed by atoms with Crippen molar-refractivity contribution in [3.8, 4) is 11.5 Å². The zero-order chi connectivity index (χ0) is 21.1. The highest BCUT2D eigenvalue weighted by atomic mass is 16.5. The summed E-state index contributed by atoms with van der Waals surface area (Å²) in [6, 6.07) is 3.16. The molecule has 0 saturated heterocycles. The van der Waals surface area contributed by atoms with Gasteiger partial charge in [-0.1, -0.05) is 0 Å². The zero-order valence-corrected chi connectivity index (χ0v) is 17.7. The molecule has 6 heteroatoms. The number of rotatable bonds is 4. The van der Waals surface area contributed by atoms with Crippen LogP contribution in [-0.2, 0) is 12.0 Å². The lowest BCUT2D eigenvalue weighted by Crippen LogP contribution is -2.39. The number of fused-ring (bicyclic) bond motifs is 2. The first-order valence-electron chi connectivity index (χ1n) is 11.2. The summed E-state index contributed by atoms with van der Waals surface area (Å²) in [4.78, 5) is 13.2. The summed E-state index contributed by atoms with van der Waals surface area (Å²) < 4.78 is 18.5. The van der Waals surface area contributed by atoms with Crippen LogP contribution in [0.4, 0.5) is 0 Å². The Morgan fingerprint density at radius 2 is 1.83 bits per heavy atom. The smallest absolute Gasteiger partial charge is 0.196 e. The molecule has 30 heavy (non-hydrogen) atoms. The van der Waals surface area contributed by atoms with Crippen LogP contribution in [0, 0.1) is 0 Å². The summed E-state index contributed by atoms with van der Waals surface area (Å²) in [6.45, 7) is 3.44. The summed E-state index contributed by atoms with van der Waals surface area (Å²) in [7, 11) is 0. The number of benzene rings is 1. The Kier molecular flexibility index (Phi) is 4.63. The maximum absolute atomic E-state index is 13.2. The lowest BCUT2D eigenvalue weighted by Gasteiger charge is -2.24. The van der Waals surface area contributed by atoms with E-state index in [-0.39, 0.29) is 11.5 Å². The van der Waals surface area contributed by atoms with E-state index >= 15 is 0 Å². The van der Waals surface area contributed by atoms with Gasteiger partial charge in [0, 0.05) is 24.1 Å². The molecular weight excluding hydrogens is 384 g/mol. The van der Waals surface area contributed by atoms with Gasteiger partial charge in [0.1, 0.15) is 39.9 Å². The lowest BCUT2D eigenvalue weighted by molar-refractivity contribution is -0.0229. The fourth-order valence-corrected chi connectivity index (χ4v) is 5.12. The molecule has 0 radical (unpaired) electrons. The maximum atomic E-state index is 13.2. The van der Waals surface area contributed by atoms with Crippen LogP contribution in [-0.4, -0.2) is 28.0 Å². The molecule has 3 aliphatic rings. The van der Waals surface area contributed by atoms with Crippen molar-refractivity contribution < 1.29 is 24.1 Å². The monoisotopic (exact) mass is 414 g/mol. The molecule has 2 aliphatic carbocycles. The van der Waals surface area contributed by atoms with E-state index in [0.717, 1.165) is 44.1 Å². The minimum absolute atomic E-state index is 0.0685. The van der Waals surface area contributed by atoms with Gasteiger partial charge in [-0.05, 0) is 65.2 Å². The van der Waals surface area contributed by atoms with Gasteiger partial charge in [0.2, 0.25) is 0 Å². The number of ether oxygens (including phenoxy) is 2. The van der Waals surface area contributed by atoms with Gasteiger partial charge < -0.3 is 24.1 Å². The van der Waals surface area contributed by atoms with Crippen LogP contribution >= 0.6 is 0 Å². The van der Waals surface area contributed by atoms with Crippen molar-refractivity contribution in [2.24, 2.45) is 0 Å².